The third kappa shape index (κ3) is 3.05. The Morgan fingerprint density at radius 1 is 1.33 bits per heavy atom. The number of nitrogens with zero attached hydrogens (tertiary/aromatic N) is 1. The summed E-state index contributed by atoms with van der Waals surface area (Å²) in [6, 6.07) is 4.59. The van der Waals surface area contributed by atoms with E-state index in [1.54, 1.807) is 13.0 Å². The normalized spacial score (nSPS) is 10.8. The predicted octanol–water partition coefficient (Wildman–Crippen LogP) is 4.63. The lowest BCUT2D eigenvalue weighted by molar-refractivity contribution is 0.0522. The number of hydrogen-bond donors (Lipinski definition) is 1. The molecule has 0 fully saturated rings. The van der Waals surface area contributed by atoms with E-state index in [-0.39, 0.29) is 34.6 Å². The lowest BCUT2D eigenvalue weighted by Gasteiger charge is -2.08. The summed E-state index contributed by atoms with van der Waals surface area (Å²) in [6.07, 6.45) is 2.09. The second-order valence-corrected chi connectivity index (χ2v) is 6.02. The van der Waals surface area contributed by atoms with E-state index in [1.165, 1.54) is 18.4 Å². The number of benzene rings is 1. The summed E-state index contributed by atoms with van der Waals surface area (Å²) in [5, 5.41) is 2.90. The number of nitrogens with one attached hydrogen (secondary N) is 1. The van der Waals surface area contributed by atoms with Crippen molar-refractivity contribution >= 4 is 50.9 Å². The first-order valence-electron chi connectivity index (χ1n) is 6.96. The molecule has 0 aliphatic rings. The number of esters is 1. The highest BCUT2D eigenvalue weighted by Crippen LogP contribution is 2.33. The number of pyridine rings is 1. The maximum atomic E-state index is 14.0. The van der Waals surface area contributed by atoms with Crippen LogP contribution in [0.2, 0.25) is 0 Å². The molecule has 3 aromatic rings. The molecule has 0 aliphatic carbocycles. The van der Waals surface area contributed by atoms with Gasteiger partial charge in [0, 0.05) is 3.57 Å². The maximum absolute atomic E-state index is 14.0. The zero-order valence-electron chi connectivity index (χ0n) is 12.4. The van der Waals surface area contributed by atoms with Crippen LogP contribution in [0.3, 0.4) is 0 Å². The minimum Gasteiger partial charge on any atom is -0.461 e. The van der Waals surface area contributed by atoms with Crippen molar-refractivity contribution in [2.45, 2.75) is 6.92 Å². The Bertz CT molecular complexity index is 927. The standard InChI is InChI=1S/C16H11F2IN2O3/c1-2-23-16(22)14-13-12(7-24-15(13)10(18)6-20-14)21-11-4-3-8(19)5-9(11)17/h3-7,21H,2H2,1H3. The van der Waals surface area contributed by atoms with E-state index in [4.69, 9.17) is 9.15 Å². The summed E-state index contributed by atoms with van der Waals surface area (Å²) < 4.78 is 38.7. The number of carbonyl (C=O) groups is 1. The lowest BCUT2D eigenvalue weighted by Crippen LogP contribution is -2.08. The fraction of sp³-hybridized carbons (Fsp3) is 0.125. The lowest BCUT2D eigenvalue weighted by atomic mass is 10.2. The first-order valence-corrected chi connectivity index (χ1v) is 8.04. The molecule has 0 aliphatic heterocycles. The average Bonchev–Trinajstić information content (AvgIpc) is 2.95. The zero-order valence-corrected chi connectivity index (χ0v) is 14.6. The summed E-state index contributed by atoms with van der Waals surface area (Å²) in [7, 11) is 0. The molecule has 2 heterocycles. The molecule has 8 heteroatoms. The van der Waals surface area contributed by atoms with Gasteiger partial charge in [-0.2, -0.15) is 0 Å². The quantitative estimate of drug-likeness (QED) is 0.470. The molecule has 24 heavy (non-hydrogen) atoms. The first-order chi connectivity index (χ1) is 11.5. The van der Waals surface area contributed by atoms with Crippen LogP contribution in [0.25, 0.3) is 11.0 Å². The fourth-order valence-corrected chi connectivity index (χ4v) is 2.65. The molecule has 2 aromatic heterocycles. The van der Waals surface area contributed by atoms with Crippen molar-refractivity contribution in [2.75, 3.05) is 11.9 Å². The van der Waals surface area contributed by atoms with Gasteiger partial charge in [-0.15, -0.1) is 0 Å². The summed E-state index contributed by atoms with van der Waals surface area (Å²) in [5.74, 6) is -1.93. The Hall–Kier alpha value is -2.23. The Morgan fingerprint density at radius 3 is 2.83 bits per heavy atom. The van der Waals surface area contributed by atoms with Crippen molar-refractivity contribution in [1.82, 2.24) is 4.98 Å². The molecule has 0 bridgehead atoms. The summed E-state index contributed by atoms with van der Waals surface area (Å²) >= 11 is 1.99. The highest BCUT2D eigenvalue weighted by molar-refractivity contribution is 14.1. The van der Waals surface area contributed by atoms with Crippen molar-refractivity contribution in [3.63, 3.8) is 0 Å². The van der Waals surface area contributed by atoms with E-state index in [2.05, 4.69) is 10.3 Å². The Labute approximate surface area is 149 Å². The molecule has 0 saturated heterocycles. The fourth-order valence-electron chi connectivity index (χ4n) is 2.20. The van der Waals surface area contributed by atoms with Crippen molar-refractivity contribution in [1.29, 1.82) is 0 Å². The van der Waals surface area contributed by atoms with Crippen LogP contribution in [-0.2, 0) is 4.74 Å². The number of carbonyl (C=O) groups excluding carboxylic acids is 1. The highest BCUT2D eigenvalue weighted by atomic mass is 127. The molecule has 5 nitrogen and oxygen atoms in total. The maximum Gasteiger partial charge on any atom is 0.357 e. The SMILES string of the molecule is CCOC(=O)c1ncc(F)c2occ(Nc3ccc(I)cc3F)c12. The van der Waals surface area contributed by atoms with Gasteiger partial charge in [-0.25, -0.2) is 18.6 Å². The Morgan fingerprint density at radius 2 is 2.12 bits per heavy atom. The number of furan rings is 1. The van der Waals surface area contributed by atoms with Gasteiger partial charge in [-0.3, -0.25) is 0 Å². The smallest absolute Gasteiger partial charge is 0.357 e. The largest absolute Gasteiger partial charge is 0.461 e. The van der Waals surface area contributed by atoms with Gasteiger partial charge < -0.3 is 14.5 Å². The van der Waals surface area contributed by atoms with Gasteiger partial charge in [-0.1, -0.05) is 0 Å². The molecule has 0 amide bonds. The molecule has 0 atom stereocenters. The monoisotopic (exact) mass is 444 g/mol. The second kappa shape index (κ2) is 6.71. The van der Waals surface area contributed by atoms with Gasteiger partial charge in [0.05, 0.1) is 29.6 Å². The molecular weight excluding hydrogens is 433 g/mol. The number of hydrogen-bond acceptors (Lipinski definition) is 5. The number of rotatable bonds is 4. The van der Waals surface area contributed by atoms with Crippen LogP contribution in [0, 0.1) is 15.2 Å². The van der Waals surface area contributed by atoms with E-state index in [1.807, 2.05) is 22.6 Å². The van der Waals surface area contributed by atoms with Crippen LogP contribution in [0.15, 0.2) is 35.1 Å². The van der Waals surface area contributed by atoms with Crippen molar-refractivity contribution in [3.05, 3.63) is 51.6 Å². The topological polar surface area (TPSA) is 64.4 Å². The molecule has 0 spiro atoms. The molecule has 0 unspecified atom stereocenters. The van der Waals surface area contributed by atoms with E-state index < -0.39 is 17.6 Å². The molecule has 3 rings (SSSR count). The predicted molar refractivity (Wildman–Crippen MR) is 92.3 cm³/mol. The van der Waals surface area contributed by atoms with Crippen LogP contribution < -0.4 is 5.32 Å². The van der Waals surface area contributed by atoms with Crippen molar-refractivity contribution in [2.24, 2.45) is 0 Å². The van der Waals surface area contributed by atoms with Gasteiger partial charge in [0.15, 0.2) is 17.1 Å². The van der Waals surface area contributed by atoms with Gasteiger partial charge in [-0.05, 0) is 47.7 Å². The summed E-state index contributed by atoms with van der Waals surface area (Å²) in [4.78, 5) is 15.8. The average molecular weight is 444 g/mol. The molecule has 1 N–H and O–H groups in total. The minimum absolute atomic E-state index is 0.101. The number of fused-ring (bicyclic) bond motifs is 1. The van der Waals surface area contributed by atoms with Crippen molar-refractivity contribution < 1.29 is 22.7 Å². The Balaban J connectivity index is 2.11. The van der Waals surface area contributed by atoms with E-state index >= 15 is 0 Å². The third-order valence-corrected chi connectivity index (χ3v) is 3.89. The molecular formula is C16H11F2IN2O3. The molecule has 0 radical (unpaired) electrons. The number of aromatic nitrogens is 1. The number of ether oxygens (including phenoxy) is 1. The van der Waals surface area contributed by atoms with E-state index in [0.29, 0.717) is 0 Å². The number of halogens is 3. The summed E-state index contributed by atoms with van der Waals surface area (Å²) in [6.45, 7) is 1.79. The Kier molecular flexibility index (Phi) is 4.65. The van der Waals surface area contributed by atoms with Gasteiger partial charge in [0.2, 0.25) is 0 Å². The van der Waals surface area contributed by atoms with Crippen LogP contribution in [0.4, 0.5) is 20.2 Å². The molecule has 0 saturated carbocycles. The van der Waals surface area contributed by atoms with Gasteiger partial charge >= 0.3 is 5.97 Å². The minimum atomic E-state index is -0.728. The second-order valence-electron chi connectivity index (χ2n) is 4.78. The van der Waals surface area contributed by atoms with Crippen LogP contribution in [0.5, 0.6) is 0 Å². The third-order valence-electron chi connectivity index (χ3n) is 3.22. The van der Waals surface area contributed by atoms with Gasteiger partial charge in [0.1, 0.15) is 12.1 Å². The molecule has 124 valence electrons. The first kappa shape index (κ1) is 16.6. The summed E-state index contributed by atoms with van der Waals surface area (Å²) in [5.41, 5.74) is 0.134. The highest BCUT2D eigenvalue weighted by Gasteiger charge is 2.22. The van der Waals surface area contributed by atoms with E-state index in [9.17, 15) is 13.6 Å². The van der Waals surface area contributed by atoms with Crippen LogP contribution >= 0.6 is 22.6 Å². The van der Waals surface area contributed by atoms with E-state index in [0.717, 1.165) is 9.77 Å². The molecule has 1 aromatic carbocycles. The van der Waals surface area contributed by atoms with Gasteiger partial charge in [0.25, 0.3) is 0 Å². The zero-order chi connectivity index (χ0) is 17.3. The van der Waals surface area contributed by atoms with Crippen molar-refractivity contribution in [3.8, 4) is 0 Å². The number of anilines is 2. The van der Waals surface area contributed by atoms with Crippen LogP contribution in [0.1, 0.15) is 17.4 Å². The van der Waals surface area contributed by atoms with Crippen LogP contribution in [-0.4, -0.2) is 17.6 Å².